The zero-order valence-electron chi connectivity index (χ0n) is 5.44. The molecule has 0 saturated carbocycles. The van der Waals surface area contributed by atoms with Gasteiger partial charge in [0.05, 0.1) is 0 Å². The van der Waals surface area contributed by atoms with Gasteiger partial charge in [0.25, 0.3) is 0 Å². The molecule has 0 aromatic carbocycles. The van der Waals surface area contributed by atoms with Crippen molar-refractivity contribution in [2.24, 2.45) is 0 Å². The second-order valence-corrected chi connectivity index (χ2v) is 2.90. The van der Waals surface area contributed by atoms with Gasteiger partial charge in [-0.05, 0) is 0 Å². The van der Waals surface area contributed by atoms with Crippen molar-refractivity contribution in [3.63, 3.8) is 0 Å². The molecule has 2 aliphatic heterocycles. The second-order valence-electron chi connectivity index (χ2n) is 2.90. The van der Waals surface area contributed by atoms with E-state index in [0.29, 0.717) is 24.4 Å². The standard InChI is InChI=1S/C8H8O2/c1-2-4-6-8(10-6)7-5(3-1)9-7/h1-8H/b3-1-,4-2?/t5-,6+,7-,8+/m0/s1. The van der Waals surface area contributed by atoms with Crippen molar-refractivity contribution in [3.8, 4) is 0 Å². The fourth-order valence-electron chi connectivity index (χ4n) is 1.46. The highest BCUT2D eigenvalue weighted by Crippen LogP contribution is 2.40. The van der Waals surface area contributed by atoms with Gasteiger partial charge in [0.1, 0.15) is 24.4 Å². The van der Waals surface area contributed by atoms with Gasteiger partial charge < -0.3 is 9.47 Å². The molecule has 0 spiro atoms. The van der Waals surface area contributed by atoms with Crippen molar-refractivity contribution < 1.29 is 9.47 Å². The van der Waals surface area contributed by atoms with Gasteiger partial charge in [-0.2, -0.15) is 0 Å². The lowest BCUT2D eigenvalue weighted by Gasteiger charge is -1.83. The monoisotopic (exact) mass is 136 g/mol. The highest BCUT2D eigenvalue weighted by molar-refractivity contribution is 5.22. The van der Waals surface area contributed by atoms with Crippen LogP contribution in [0.5, 0.6) is 0 Å². The number of allylic oxidation sites excluding steroid dienone is 2. The lowest BCUT2D eigenvalue weighted by molar-refractivity contribution is 0.316. The molecule has 0 aromatic heterocycles. The van der Waals surface area contributed by atoms with Gasteiger partial charge in [-0.15, -0.1) is 0 Å². The zero-order chi connectivity index (χ0) is 6.55. The summed E-state index contributed by atoms with van der Waals surface area (Å²) in [5, 5.41) is 0. The van der Waals surface area contributed by atoms with Crippen LogP contribution in [0.1, 0.15) is 0 Å². The van der Waals surface area contributed by atoms with Gasteiger partial charge in [0.2, 0.25) is 0 Å². The Labute approximate surface area is 59.1 Å². The Morgan fingerprint density at radius 2 is 1.30 bits per heavy atom. The Kier molecular flexibility index (Phi) is 0.775. The van der Waals surface area contributed by atoms with Crippen LogP contribution in [0.2, 0.25) is 0 Å². The van der Waals surface area contributed by atoms with Gasteiger partial charge in [-0.25, -0.2) is 0 Å². The molecule has 0 aromatic rings. The smallest absolute Gasteiger partial charge is 0.117 e. The Bertz CT molecular complexity index is 195. The minimum atomic E-state index is 0.347. The summed E-state index contributed by atoms with van der Waals surface area (Å²) in [6, 6.07) is 0. The molecule has 2 saturated heterocycles. The van der Waals surface area contributed by atoms with Crippen molar-refractivity contribution in [3.05, 3.63) is 24.3 Å². The van der Waals surface area contributed by atoms with Gasteiger partial charge in [-0.1, -0.05) is 24.3 Å². The first-order valence-electron chi connectivity index (χ1n) is 3.61. The van der Waals surface area contributed by atoms with Gasteiger partial charge in [0, 0.05) is 0 Å². The molecule has 2 fully saturated rings. The van der Waals surface area contributed by atoms with E-state index in [1.807, 2.05) is 12.2 Å². The average Bonchev–Trinajstić information content (AvgIpc) is 2.68. The predicted molar refractivity (Wildman–Crippen MR) is 35.6 cm³/mol. The van der Waals surface area contributed by atoms with Gasteiger partial charge >= 0.3 is 0 Å². The average molecular weight is 136 g/mol. The summed E-state index contributed by atoms with van der Waals surface area (Å²) < 4.78 is 10.7. The maximum absolute atomic E-state index is 5.34. The van der Waals surface area contributed by atoms with Crippen LogP contribution in [0, 0.1) is 0 Å². The Balaban J connectivity index is 1.90. The highest BCUT2D eigenvalue weighted by atomic mass is 16.7. The summed E-state index contributed by atoms with van der Waals surface area (Å²) in [6.45, 7) is 0. The van der Waals surface area contributed by atoms with E-state index < -0.39 is 0 Å². The molecule has 3 rings (SSSR count). The van der Waals surface area contributed by atoms with Crippen LogP contribution < -0.4 is 0 Å². The first-order valence-corrected chi connectivity index (χ1v) is 3.61. The van der Waals surface area contributed by atoms with Crippen LogP contribution in [0.25, 0.3) is 0 Å². The molecular formula is C8H8O2. The molecule has 2 heterocycles. The number of hydrogen-bond acceptors (Lipinski definition) is 2. The Morgan fingerprint density at radius 1 is 0.800 bits per heavy atom. The highest BCUT2D eigenvalue weighted by Gasteiger charge is 2.55. The first kappa shape index (κ1) is 5.10. The van der Waals surface area contributed by atoms with Gasteiger partial charge in [-0.3, -0.25) is 0 Å². The molecule has 3 aliphatic rings. The zero-order valence-corrected chi connectivity index (χ0v) is 5.44. The van der Waals surface area contributed by atoms with Crippen molar-refractivity contribution in [1.82, 2.24) is 0 Å². The summed E-state index contributed by atoms with van der Waals surface area (Å²) in [5.74, 6) is 0. The van der Waals surface area contributed by atoms with E-state index in [4.69, 9.17) is 9.47 Å². The van der Waals surface area contributed by atoms with Crippen LogP contribution in [-0.4, -0.2) is 24.4 Å². The number of rotatable bonds is 0. The third-order valence-corrected chi connectivity index (χ3v) is 2.16. The van der Waals surface area contributed by atoms with E-state index in [1.165, 1.54) is 0 Å². The second kappa shape index (κ2) is 1.52. The molecule has 0 radical (unpaired) electrons. The van der Waals surface area contributed by atoms with Crippen molar-refractivity contribution >= 4 is 0 Å². The SMILES string of the molecule is C1=C[C@H]2O[C@H]2[C@H]2O[C@H]2/C=C\1. The fourth-order valence-corrected chi connectivity index (χ4v) is 1.46. The minimum absolute atomic E-state index is 0.347. The summed E-state index contributed by atoms with van der Waals surface area (Å²) in [6.07, 6.45) is 9.65. The molecule has 0 unspecified atom stereocenters. The lowest BCUT2D eigenvalue weighted by atomic mass is 10.1. The third-order valence-electron chi connectivity index (χ3n) is 2.16. The van der Waals surface area contributed by atoms with E-state index >= 15 is 0 Å². The molecular weight excluding hydrogens is 128 g/mol. The number of epoxide rings is 2. The molecule has 0 N–H and O–H groups in total. The third kappa shape index (κ3) is 0.604. The molecule has 4 atom stereocenters. The summed E-state index contributed by atoms with van der Waals surface area (Å²) in [5.41, 5.74) is 0. The van der Waals surface area contributed by atoms with Crippen LogP contribution in [-0.2, 0) is 9.47 Å². The minimum Gasteiger partial charge on any atom is -0.362 e. The molecule has 10 heavy (non-hydrogen) atoms. The van der Waals surface area contributed by atoms with Crippen LogP contribution in [0.15, 0.2) is 24.3 Å². The quantitative estimate of drug-likeness (QED) is 0.457. The molecule has 1 aliphatic carbocycles. The van der Waals surface area contributed by atoms with Crippen LogP contribution in [0.4, 0.5) is 0 Å². The van der Waals surface area contributed by atoms with Crippen LogP contribution >= 0.6 is 0 Å². The molecule has 52 valence electrons. The predicted octanol–water partition coefficient (Wildman–Crippen LogP) is 0.647. The maximum atomic E-state index is 5.34. The maximum Gasteiger partial charge on any atom is 0.117 e. The van der Waals surface area contributed by atoms with Crippen molar-refractivity contribution in [2.45, 2.75) is 24.4 Å². The largest absolute Gasteiger partial charge is 0.362 e. The summed E-state index contributed by atoms with van der Waals surface area (Å²) in [4.78, 5) is 0. The van der Waals surface area contributed by atoms with E-state index in [2.05, 4.69) is 12.2 Å². The molecule has 0 amide bonds. The normalized spacial score (nSPS) is 57.6. The topological polar surface area (TPSA) is 25.1 Å². The molecule has 0 bridgehead atoms. The lowest BCUT2D eigenvalue weighted by Crippen LogP contribution is -2.03. The van der Waals surface area contributed by atoms with E-state index in [-0.39, 0.29) is 0 Å². The Hall–Kier alpha value is -0.600. The van der Waals surface area contributed by atoms with Gasteiger partial charge in [0.15, 0.2) is 0 Å². The number of hydrogen-bond donors (Lipinski definition) is 0. The van der Waals surface area contributed by atoms with Crippen molar-refractivity contribution in [1.29, 1.82) is 0 Å². The van der Waals surface area contributed by atoms with E-state index in [0.717, 1.165) is 0 Å². The summed E-state index contributed by atoms with van der Waals surface area (Å²) >= 11 is 0. The van der Waals surface area contributed by atoms with Crippen molar-refractivity contribution in [2.75, 3.05) is 0 Å². The number of fused-ring (bicyclic) bond motifs is 3. The molecule has 2 nitrogen and oxygen atoms in total. The summed E-state index contributed by atoms with van der Waals surface area (Å²) in [7, 11) is 0. The van der Waals surface area contributed by atoms with E-state index in [9.17, 15) is 0 Å². The first-order chi connectivity index (χ1) is 4.95. The number of ether oxygens (including phenoxy) is 2. The fraction of sp³-hybridized carbons (Fsp3) is 0.500. The molecule has 2 heteroatoms. The van der Waals surface area contributed by atoms with E-state index in [1.54, 1.807) is 0 Å². The Morgan fingerprint density at radius 3 is 1.80 bits per heavy atom. The van der Waals surface area contributed by atoms with Crippen LogP contribution in [0.3, 0.4) is 0 Å².